The fourth-order valence-electron chi connectivity index (χ4n) is 2.58. The van der Waals surface area contributed by atoms with Crippen molar-refractivity contribution in [2.24, 2.45) is 0 Å². The van der Waals surface area contributed by atoms with E-state index in [4.69, 9.17) is 4.42 Å². The van der Waals surface area contributed by atoms with Gasteiger partial charge in [-0.2, -0.15) is 5.10 Å². The summed E-state index contributed by atoms with van der Waals surface area (Å²) < 4.78 is 20.4. The zero-order chi connectivity index (χ0) is 18.6. The summed E-state index contributed by atoms with van der Waals surface area (Å²) in [5.41, 5.74) is 1.67. The van der Waals surface area contributed by atoms with Crippen LogP contribution in [0.2, 0.25) is 0 Å². The molecule has 134 valence electrons. The number of amides is 1. The van der Waals surface area contributed by atoms with Crippen LogP contribution in [0.25, 0.3) is 17.0 Å². The van der Waals surface area contributed by atoms with E-state index in [1.807, 2.05) is 30.3 Å². The Morgan fingerprint density at radius 1 is 1.11 bits per heavy atom. The molecule has 4 aromatic rings. The third-order valence-electron chi connectivity index (χ3n) is 3.91. The van der Waals surface area contributed by atoms with E-state index in [2.05, 4.69) is 15.4 Å². The number of aromatic nitrogens is 3. The summed E-state index contributed by atoms with van der Waals surface area (Å²) in [5, 5.41) is 6.88. The molecule has 7 heteroatoms. The van der Waals surface area contributed by atoms with Crippen molar-refractivity contribution in [3.05, 3.63) is 90.5 Å². The second-order valence-corrected chi connectivity index (χ2v) is 5.79. The van der Waals surface area contributed by atoms with E-state index in [0.717, 1.165) is 5.56 Å². The molecule has 27 heavy (non-hydrogen) atoms. The number of nitrogens with zero attached hydrogens (tertiary/aromatic N) is 3. The van der Waals surface area contributed by atoms with Gasteiger partial charge < -0.3 is 9.73 Å². The van der Waals surface area contributed by atoms with Crippen LogP contribution in [0.15, 0.2) is 77.5 Å². The third-order valence-corrected chi connectivity index (χ3v) is 3.91. The van der Waals surface area contributed by atoms with E-state index >= 15 is 0 Å². The highest BCUT2D eigenvalue weighted by Gasteiger charge is 2.12. The molecule has 1 N–H and O–H groups in total. The minimum atomic E-state index is -0.371. The SMILES string of the molecule is O=C(NCc1ncc(-c2ccccc2)o1)c1ccn(-c2cccc(F)c2)n1. The van der Waals surface area contributed by atoms with E-state index in [-0.39, 0.29) is 24.0 Å². The lowest BCUT2D eigenvalue weighted by Gasteiger charge is -2.02. The van der Waals surface area contributed by atoms with Crippen molar-refractivity contribution in [3.8, 4) is 17.0 Å². The van der Waals surface area contributed by atoms with Gasteiger partial charge in [-0.05, 0) is 24.3 Å². The number of benzene rings is 2. The van der Waals surface area contributed by atoms with E-state index < -0.39 is 0 Å². The van der Waals surface area contributed by atoms with Crippen molar-refractivity contribution in [3.63, 3.8) is 0 Å². The van der Waals surface area contributed by atoms with Crippen LogP contribution in [0.3, 0.4) is 0 Å². The Morgan fingerprint density at radius 2 is 1.96 bits per heavy atom. The van der Waals surface area contributed by atoms with Crippen LogP contribution in [0.5, 0.6) is 0 Å². The summed E-state index contributed by atoms with van der Waals surface area (Å²) in [4.78, 5) is 16.4. The predicted octanol–water partition coefficient (Wildman–Crippen LogP) is 3.60. The van der Waals surface area contributed by atoms with Gasteiger partial charge in [0.1, 0.15) is 5.82 Å². The largest absolute Gasteiger partial charge is 0.439 e. The predicted molar refractivity (Wildman–Crippen MR) is 96.6 cm³/mol. The van der Waals surface area contributed by atoms with Crippen LogP contribution < -0.4 is 5.32 Å². The van der Waals surface area contributed by atoms with Crippen LogP contribution in [0.1, 0.15) is 16.4 Å². The molecule has 1 amide bonds. The standard InChI is InChI=1S/C20H15FN4O2/c21-15-7-4-8-16(11-15)25-10-9-17(24-25)20(26)23-13-19-22-12-18(27-19)14-5-2-1-3-6-14/h1-12H,13H2,(H,23,26). The van der Waals surface area contributed by atoms with Gasteiger partial charge in [0.15, 0.2) is 11.5 Å². The lowest BCUT2D eigenvalue weighted by atomic mass is 10.2. The fraction of sp³-hybridized carbons (Fsp3) is 0.0500. The number of carbonyl (C=O) groups excluding carboxylic acids is 1. The van der Waals surface area contributed by atoms with Gasteiger partial charge in [-0.25, -0.2) is 14.1 Å². The van der Waals surface area contributed by atoms with Crippen molar-refractivity contribution < 1.29 is 13.6 Å². The number of oxazole rings is 1. The molecule has 0 bridgehead atoms. The lowest BCUT2D eigenvalue weighted by Crippen LogP contribution is -2.23. The van der Waals surface area contributed by atoms with Crippen LogP contribution in [-0.4, -0.2) is 20.7 Å². The molecule has 0 unspecified atom stereocenters. The van der Waals surface area contributed by atoms with Crippen LogP contribution >= 0.6 is 0 Å². The van der Waals surface area contributed by atoms with Gasteiger partial charge in [-0.15, -0.1) is 0 Å². The molecular formula is C20H15FN4O2. The Kier molecular flexibility index (Phi) is 4.49. The first-order chi connectivity index (χ1) is 13.2. The first kappa shape index (κ1) is 16.7. The monoisotopic (exact) mass is 362 g/mol. The topological polar surface area (TPSA) is 73.0 Å². The van der Waals surface area contributed by atoms with Crippen LogP contribution in [0.4, 0.5) is 4.39 Å². The number of hydrogen-bond donors (Lipinski definition) is 1. The van der Waals surface area contributed by atoms with Gasteiger partial charge in [0.25, 0.3) is 5.91 Å². The average Bonchev–Trinajstić information content (AvgIpc) is 3.37. The average molecular weight is 362 g/mol. The molecule has 0 fully saturated rings. The minimum Gasteiger partial charge on any atom is -0.439 e. The molecule has 2 heterocycles. The Hall–Kier alpha value is -3.74. The number of nitrogens with one attached hydrogen (secondary N) is 1. The second-order valence-electron chi connectivity index (χ2n) is 5.79. The Bertz CT molecular complexity index is 1070. The van der Waals surface area contributed by atoms with E-state index in [1.54, 1.807) is 30.6 Å². The first-order valence-electron chi connectivity index (χ1n) is 8.29. The zero-order valence-electron chi connectivity index (χ0n) is 14.2. The Labute approximate surface area is 154 Å². The molecule has 4 rings (SSSR count). The molecule has 0 saturated carbocycles. The van der Waals surface area contributed by atoms with Crippen molar-refractivity contribution >= 4 is 5.91 Å². The molecule has 0 saturated heterocycles. The van der Waals surface area contributed by atoms with Gasteiger partial charge in [-0.3, -0.25) is 4.79 Å². The fourth-order valence-corrected chi connectivity index (χ4v) is 2.58. The van der Waals surface area contributed by atoms with Gasteiger partial charge in [-0.1, -0.05) is 36.4 Å². The van der Waals surface area contributed by atoms with Gasteiger partial charge in [0, 0.05) is 11.8 Å². The summed E-state index contributed by atoms with van der Waals surface area (Å²) in [7, 11) is 0. The molecule has 0 aliphatic carbocycles. The van der Waals surface area contributed by atoms with Gasteiger partial charge >= 0.3 is 0 Å². The summed E-state index contributed by atoms with van der Waals surface area (Å²) in [6.45, 7) is 0.137. The second kappa shape index (κ2) is 7.25. The normalized spacial score (nSPS) is 10.7. The van der Waals surface area contributed by atoms with Gasteiger partial charge in [0.05, 0.1) is 18.4 Å². The van der Waals surface area contributed by atoms with E-state index in [0.29, 0.717) is 17.3 Å². The molecular weight excluding hydrogens is 347 g/mol. The lowest BCUT2D eigenvalue weighted by molar-refractivity contribution is 0.0942. The summed E-state index contributed by atoms with van der Waals surface area (Å²) >= 11 is 0. The van der Waals surface area contributed by atoms with Crippen molar-refractivity contribution in [1.29, 1.82) is 0 Å². The van der Waals surface area contributed by atoms with Crippen LogP contribution in [0, 0.1) is 5.82 Å². The Balaban J connectivity index is 1.41. The smallest absolute Gasteiger partial charge is 0.272 e. The maximum Gasteiger partial charge on any atom is 0.272 e. The van der Waals surface area contributed by atoms with Gasteiger partial charge in [0.2, 0.25) is 5.89 Å². The number of carbonyl (C=O) groups is 1. The van der Waals surface area contributed by atoms with Crippen molar-refractivity contribution in [1.82, 2.24) is 20.1 Å². The minimum absolute atomic E-state index is 0.137. The third kappa shape index (κ3) is 3.77. The highest BCUT2D eigenvalue weighted by molar-refractivity contribution is 5.92. The zero-order valence-corrected chi connectivity index (χ0v) is 14.2. The van der Waals surface area contributed by atoms with E-state index in [1.165, 1.54) is 16.8 Å². The maximum atomic E-state index is 13.3. The Morgan fingerprint density at radius 3 is 2.78 bits per heavy atom. The molecule has 2 aromatic heterocycles. The molecule has 0 atom stereocenters. The molecule has 6 nitrogen and oxygen atoms in total. The highest BCUT2D eigenvalue weighted by atomic mass is 19.1. The molecule has 0 radical (unpaired) electrons. The molecule has 2 aromatic carbocycles. The number of rotatable bonds is 5. The van der Waals surface area contributed by atoms with Crippen molar-refractivity contribution in [2.45, 2.75) is 6.54 Å². The summed E-state index contributed by atoms with van der Waals surface area (Å²) in [5.74, 6) is 0.290. The maximum absolute atomic E-state index is 13.3. The number of hydrogen-bond acceptors (Lipinski definition) is 4. The van der Waals surface area contributed by atoms with Crippen LogP contribution in [-0.2, 0) is 6.54 Å². The highest BCUT2D eigenvalue weighted by Crippen LogP contribution is 2.19. The first-order valence-corrected chi connectivity index (χ1v) is 8.29. The summed E-state index contributed by atoms with van der Waals surface area (Å²) in [6, 6.07) is 17.1. The molecule has 0 aliphatic heterocycles. The molecule has 0 spiro atoms. The quantitative estimate of drug-likeness (QED) is 0.589. The summed E-state index contributed by atoms with van der Waals surface area (Å²) in [6.07, 6.45) is 3.22. The number of halogens is 1. The van der Waals surface area contributed by atoms with E-state index in [9.17, 15) is 9.18 Å². The molecule has 0 aliphatic rings. The van der Waals surface area contributed by atoms with Crippen molar-refractivity contribution in [2.75, 3.05) is 0 Å².